The van der Waals surface area contributed by atoms with Gasteiger partial charge in [0.25, 0.3) is 5.91 Å². The number of carbonyl (C=O) groups excluding carboxylic acids is 1. The molecule has 2 heterocycles. The molecule has 1 fully saturated rings. The number of anilines is 1. The van der Waals surface area contributed by atoms with Crippen LogP contribution in [-0.4, -0.2) is 24.0 Å². The molecule has 1 aromatic rings. The fourth-order valence-corrected chi connectivity index (χ4v) is 1.99. The molecule has 2 N–H and O–H groups in total. The van der Waals surface area contributed by atoms with Gasteiger partial charge >= 0.3 is 0 Å². The van der Waals surface area contributed by atoms with E-state index in [2.05, 4.69) is 9.88 Å². The molecule has 0 bridgehead atoms. The third-order valence-corrected chi connectivity index (χ3v) is 2.76. The summed E-state index contributed by atoms with van der Waals surface area (Å²) in [5.74, 6) is -0.399. The average molecular weight is 205 g/mol. The highest BCUT2D eigenvalue weighted by molar-refractivity contribution is 5.98. The molecule has 0 unspecified atom stereocenters. The Bertz CT molecular complexity index is 359. The van der Waals surface area contributed by atoms with Crippen LogP contribution in [0.1, 0.15) is 29.6 Å². The van der Waals surface area contributed by atoms with E-state index in [-0.39, 0.29) is 0 Å². The normalized spacial score (nSPS) is 16.4. The zero-order chi connectivity index (χ0) is 10.7. The molecule has 15 heavy (non-hydrogen) atoms. The van der Waals surface area contributed by atoms with Gasteiger partial charge in [-0.1, -0.05) is 0 Å². The summed E-state index contributed by atoms with van der Waals surface area (Å²) in [6.45, 7) is 2.01. The predicted molar refractivity (Wildman–Crippen MR) is 58.8 cm³/mol. The molecule has 0 aliphatic carbocycles. The number of nitrogens with two attached hydrogens (primary N) is 1. The molecule has 1 saturated heterocycles. The van der Waals surface area contributed by atoms with E-state index < -0.39 is 5.91 Å². The number of nitrogens with zero attached hydrogens (tertiary/aromatic N) is 2. The number of hydrogen-bond donors (Lipinski definition) is 1. The van der Waals surface area contributed by atoms with Gasteiger partial charge in [0, 0.05) is 25.5 Å². The van der Waals surface area contributed by atoms with Crippen LogP contribution in [0.2, 0.25) is 0 Å². The average Bonchev–Trinajstić information content (AvgIpc) is 2.30. The number of pyridine rings is 1. The molecule has 0 saturated carbocycles. The van der Waals surface area contributed by atoms with E-state index in [0.29, 0.717) is 5.56 Å². The van der Waals surface area contributed by atoms with Crippen LogP contribution < -0.4 is 10.6 Å². The van der Waals surface area contributed by atoms with E-state index in [1.54, 1.807) is 12.4 Å². The van der Waals surface area contributed by atoms with Crippen molar-refractivity contribution in [1.82, 2.24) is 4.98 Å². The maximum atomic E-state index is 11.2. The van der Waals surface area contributed by atoms with Crippen molar-refractivity contribution in [2.75, 3.05) is 18.0 Å². The lowest BCUT2D eigenvalue weighted by Crippen LogP contribution is -2.31. The standard InChI is InChI=1S/C11H15N3O/c12-11(15)9-8-13-5-4-10(9)14-6-2-1-3-7-14/h4-5,8H,1-3,6-7H2,(H2,12,15). The van der Waals surface area contributed by atoms with Crippen molar-refractivity contribution in [3.05, 3.63) is 24.0 Å². The van der Waals surface area contributed by atoms with Crippen LogP contribution in [-0.2, 0) is 0 Å². The van der Waals surface area contributed by atoms with Crippen LogP contribution in [0.4, 0.5) is 5.69 Å². The van der Waals surface area contributed by atoms with Crippen molar-refractivity contribution >= 4 is 11.6 Å². The Labute approximate surface area is 89.1 Å². The minimum Gasteiger partial charge on any atom is -0.371 e. The number of carbonyl (C=O) groups is 1. The number of rotatable bonds is 2. The molecule has 1 aliphatic rings. The van der Waals surface area contributed by atoms with E-state index in [4.69, 9.17) is 5.73 Å². The van der Waals surface area contributed by atoms with Gasteiger partial charge in [-0.05, 0) is 25.3 Å². The summed E-state index contributed by atoms with van der Waals surface area (Å²) in [6, 6.07) is 1.87. The molecule has 0 atom stereocenters. The Balaban J connectivity index is 2.29. The molecule has 1 amide bonds. The van der Waals surface area contributed by atoms with Gasteiger partial charge in [-0.25, -0.2) is 0 Å². The van der Waals surface area contributed by atoms with Gasteiger partial charge in [-0.3, -0.25) is 9.78 Å². The number of amides is 1. The molecular weight excluding hydrogens is 190 g/mol. The SMILES string of the molecule is NC(=O)c1cnccc1N1CCCCC1. The minimum atomic E-state index is -0.399. The lowest BCUT2D eigenvalue weighted by molar-refractivity contribution is 0.100. The maximum absolute atomic E-state index is 11.2. The summed E-state index contributed by atoms with van der Waals surface area (Å²) in [6.07, 6.45) is 6.89. The molecular formula is C11H15N3O. The van der Waals surface area contributed by atoms with Crippen molar-refractivity contribution in [1.29, 1.82) is 0 Å². The Hall–Kier alpha value is -1.58. The summed E-state index contributed by atoms with van der Waals surface area (Å²) >= 11 is 0. The lowest BCUT2D eigenvalue weighted by Gasteiger charge is -2.29. The van der Waals surface area contributed by atoms with Gasteiger partial charge in [0.2, 0.25) is 0 Å². The molecule has 0 spiro atoms. The van der Waals surface area contributed by atoms with Crippen LogP contribution in [0, 0.1) is 0 Å². The highest BCUT2D eigenvalue weighted by Gasteiger charge is 2.16. The zero-order valence-electron chi connectivity index (χ0n) is 8.65. The molecule has 80 valence electrons. The lowest BCUT2D eigenvalue weighted by atomic mass is 10.1. The summed E-state index contributed by atoms with van der Waals surface area (Å²) < 4.78 is 0. The van der Waals surface area contributed by atoms with Gasteiger partial charge in [-0.15, -0.1) is 0 Å². The number of hydrogen-bond acceptors (Lipinski definition) is 3. The molecule has 4 nitrogen and oxygen atoms in total. The highest BCUT2D eigenvalue weighted by Crippen LogP contribution is 2.22. The van der Waals surface area contributed by atoms with Crippen molar-refractivity contribution in [2.45, 2.75) is 19.3 Å². The molecule has 1 aromatic heterocycles. The number of primary amides is 1. The number of piperidine rings is 1. The summed E-state index contributed by atoms with van der Waals surface area (Å²) in [5.41, 5.74) is 6.77. The summed E-state index contributed by atoms with van der Waals surface area (Å²) in [4.78, 5) is 17.4. The Morgan fingerprint density at radius 2 is 2.07 bits per heavy atom. The Kier molecular flexibility index (Phi) is 2.85. The largest absolute Gasteiger partial charge is 0.371 e. The predicted octanol–water partition coefficient (Wildman–Crippen LogP) is 1.17. The molecule has 2 rings (SSSR count). The van der Waals surface area contributed by atoms with Crippen LogP contribution in [0.5, 0.6) is 0 Å². The Morgan fingerprint density at radius 1 is 1.33 bits per heavy atom. The fraction of sp³-hybridized carbons (Fsp3) is 0.455. The van der Waals surface area contributed by atoms with E-state index in [1.165, 1.54) is 19.3 Å². The van der Waals surface area contributed by atoms with E-state index in [9.17, 15) is 4.79 Å². The van der Waals surface area contributed by atoms with Crippen molar-refractivity contribution in [3.8, 4) is 0 Å². The van der Waals surface area contributed by atoms with E-state index in [0.717, 1.165) is 18.8 Å². The first-order valence-corrected chi connectivity index (χ1v) is 5.28. The van der Waals surface area contributed by atoms with Crippen molar-refractivity contribution in [2.24, 2.45) is 5.73 Å². The second-order valence-corrected chi connectivity index (χ2v) is 3.80. The Morgan fingerprint density at radius 3 is 2.73 bits per heavy atom. The third-order valence-electron chi connectivity index (χ3n) is 2.76. The number of aromatic nitrogens is 1. The van der Waals surface area contributed by atoms with Gasteiger partial charge in [-0.2, -0.15) is 0 Å². The summed E-state index contributed by atoms with van der Waals surface area (Å²) in [5, 5.41) is 0. The second-order valence-electron chi connectivity index (χ2n) is 3.80. The van der Waals surface area contributed by atoms with E-state index in [1.807, 2.05) is 6.07 Å². The van der Waals surface area contributed by atoms with Crippen LogP contribution in [0.15, 0.2) is 18.5 Å². The second kappa shape index (κ2) is 4.29. The first kappa shape index (κ1) is 9.96. The van der Waals surface area contributed by atoms with Crippen molar-refractivity contribution in [3.63, 3.8) is 0 Å². The highest BCUT2D eigenvalue weighted by atomic mass is 16.1. The maximum Gasteiger partial charge on any atom is 0.252 e. The van der Waals surface area contributed by atoms with E-state index >= 15 is 0 Å². The molecule has 0 aromatic carbocycles. The van der Waals surface area contributed by atoms with Crippen LogP contribution in [0.3, 0.4) is 0 Å². The topological polar surface area (TPSA) is 59.2 Å². The van der Waals surface area contributed by atoms with Gasteiger partial charge in [0.1, 0.15) is 0 Å². The third kappa shape index (κ3) is 2.09. The molecule has 4 heteroatoms. The van der Waals surface area contributed by atoms with Gasteiger partial charge < -0.3 is 10.6 Å². The first-order chi connectivity index (χ1) is 7.29. The summed E-state index contributed by atoms with van der Waals surface area (Å²) in [7, 11) is 0. The van der Waals surface area contributed by atoms with Crippen molar-refractivity contribution < 1.29 is 4.79 Å². The fourth-order valence-electron chi connectivity index (χ4n) is 1.99. The van der Waals surface area contributed by atoms with Crippen LogP contribution >= 0.6 is 0 Å². The first-order valence-electron chi connectivity index (χ1n) is 5.28. The van der Waals surface area contributed by atoms with Crippen LogP contribution in [0.25, 0.3) is 0 Å². The van der Waals surface area contributed by atoms with Gasteiger partial charge in [0.15, 0.2) is 0 Å². The zero-order valence-corrected chi connectivity index (χ0v) is 8.65. The quantitative estimate of drug-likeness (QED) is 0.788. The minimum absolute atomic E-state index is 0.399. The smallest absolute Gasteiger partial charge is 0.252 e. The molecule has 0 radical (unpaired) electrons. The monoisotopic (exact) mass is 205 g/mol. The molecule has 1 aliphatic heterocycles. The van der Waals surface area contributed by atoms with Gasteiger partial charge in [0.05, 0.1) is 11.3 Å².